The van der Waals surface area contributed by atoms with E-state index in [1.165, 1.54) is 43.4 Å². The van der Waals surface area contributed by atoms with Crippen LogP contribution in [0.1, 0.15) is 43.7 Å². The van der Waals surface area contributed by atoms with Gasteiger partial charge in [-0.2, -0.15) is 0 Å². The van der Waals surface area contributed by atoms with Gasteiger partial charge in [-0.3, -0.25) is 0 Å². The first-order valence-corrected chi connectivity index (χ1v) is 6.67. The van der Waals surface area contributed by atoms with Crippen molar-refractivity contribution in [3.8, 4) is 0 Å². The fourth-order valence-electron chi connectivity index (χ4n) is 2.05. The van der Waals surface area contributed by atoms with Gasteiger partial charge in [-0.15, -0.1) is 0 Å². The SMILES string of the molecule is CCc1ccc(CNCCCC2CC2)cc1. The van der Waals surface area contributed by atoms with Crippen LogP contribution in [0.15, 0.2) is 24.3 Å². The summed E-state index contributed by atoms with van der Waals surface area (Å²) in [6, 6.07) is 8.96. The molecule has 0 bridgehead atoms. The molecule has 0 heterocycles. The van der Waals surface area contributed by atoms with Crippen LogP contribution in [0.3, 0.4) is 0 Å². The molecule has 1 fully saturated rings. The average molecular weight is 217 g/mol. The quantitative estimate of drug-likeness (QED) is 0.689. The highest BCUT2D eigenvalue weighted by Gasteiger charge is 2.19. The maximum Gasteiger partial charge on any atom is 0.0205 e. The van der Waals surface area contributed by atoms with Gasteiger partial charge in [0.2, 0.25) is 0 Å². The first-order valence-electron chi connectivity index (χ1n) is 6.67. The van der Waals surface area contributed by atoms with Gasteiger partial charge >= 0.3 is 0 Å². The van der Waals surface area contributed by atoms with E-state index in [0.717, 1.165) is 18.9 Å². The summed E-state index contributed by atoms with van der Waals surface area (Å²) in [6.07, 6.45) is 6.88. The number of benzene rings is 1. The molecular formula is C15H23N. The lowest BCUT2D eigenvalue weighted by Gasteiger charge is -2.05. The molecule has 1 aliphatic carbocycles. The van der Waals surface area contributed by atoms with Crippen LogP contribution in [-0.2, 0) is 13.0 Å². The largest absolute Gasteiger partial charge is 0.313 e. The number of hydrogen-bond acceptors (Lipinski definition) is 1. The summed E-state index contributed by atoms with van der Waals surface area (Å²) in [6.45, 7) is 4.39. The molecule has 0 radical (unpaired) electrons. The van der Waals surface area contributed by atoms with Gasteiger partial charge in [-0.1, -0.05) is 44.0 Å². The van der Waals surface area contributed by atoms with E-state index in [9.17, 15) is 0 Å². The lowest BCUT2D eigenvalue weighted by Crippen LogP contribution is -2.14. The van der Waals surface area contributed by atoms with E-state index in [1.807, 2.05) is 0 Å². The van der Waals surface area contributed by atoms with Crippen molar-refractivity contribution in [3.63, 3.8) is 0 Å². The normalized spacial score (nSPS) is 15.3. The summed E-state index contributed by atoms with van der Waals surface area (Å²) in [7, 11) is 0. The second-order valence-electron chi connectivity index (χ2n) is 4.93. The van der Waals surface area contributed by atoms with Crippen molar-refractivity contribution in [1.29, 1.82) is 0 Å². The Morgan fingerprint density at radius 2 is 1.81 bits per heavy atom. The average Bonchev–Trinajstić information content (AvgIpc) is 3.13. The second-order valence-corrected chi connectivity index (χ2v) is 4.93. The van der Waals surface area contributed by atoms with E-state index in [4.69, 9.17) is 0 Å². The Morgan fingerprint density at radius 1 is 1.12 bits per heavy atom. The molecular weight excluding hydrogens is 194 g/mol. The van der Waals surface area contributed by atoms with Crippen LogP contribution in [0.4, 0.5) is 0 Å². The summed E-state index contributed by atoms with van der Waals surface area (Å²) in [5.41, 5.74) is 2.83. The van der Waals surface area contributed by atoms with E-state index >= 15 is 0 Å². The molecule has 0 unspecified atom stereocenters. The Bertz CT molecular complexity index is 298. The predicted molar refractivity (Wildman–Crippen MR) is 69.5 cm³/mol. The highest BCUT2D eigenvalue weighted by Crippen LogP contribution is 2.33. The number of nitrogens with one attached hydrogen (secondary N) is 1. The molecule has 2 rings (SSSR count). The van der Waals surface area contributed by atoms with Crippen molar-refractivity contribution < 1.29 is 0 Å². The molecule has 0 aliphatic heterocycles. The molecule has 0 atom stereocenters. The topological polar surface area (TPSA) is 12.0 Å². The molecule has 16 heavy (non-hydrogen) atoms. The van der Waals surface area contributed by atoms with E-state index in [2.05, 4.69) is 36.5 Å². The zero-order valence-corrected chi connectivity index (χ0v) is 10.3. The van der Waals surface area contributed by atoms with Crippen molar-refractivity contribution in [2.24, 2.45) is 5.92 Å². The van der Waals surface area contributed by atoms with Crippen molar-refractivity contribution in [3.05, 3.63) is 35.4 Å². The van der Waals surface area contributed by atoms with E-state index in [0.29, 0.717) is 0 Å². The van der Waals surface area contributed by atoms with Crippen LogP contribution in [0.5, 0.6) is 0 Å². The minimum atomic E-state index is 1.02. The maximum absolute atomic E-state index is 3.52. The summed E-state index contributed by atoms with van der Waals surface area (Å²) in [5.74, 6) is 1.07. The molecule has 1 nitrogen and oxygen atoms in total. The highest BCUT2D eigenvalue weighted by molar-refractivity contribution is 5.22. The molecule has 1 N–H and O–H groups in total. The Labute approximate surface area is 99.3 Å². The van der Waals surface area contributed by atoms with Gasteiger partial charge in [-0.25, -0.2) is 0 Å². The minimum absolute atomic E-state index is 1.02. The van der Waals surface area contributed by atoms with Gasteiger partial charge in [0.05, 0.1) is 0 Å². The third kappa shape index (κ3) is 3.97. The molecule has 88 valence electrons. The van der Waals surface area contributed by atoms with Gasteiger partial charge in [0.1, 0.15) is 0 Å². The monoisotopic (exact) mass is 217 g/mol. The summed E-state index contributed by atoms with van der Waals surface area (Å²) < 4.78 is 0. The molecule has 0 amide bonds. The molecule has 0 aromatic heterocycles. The molecule has 1 aliphatic rings. The Morgan fingerprint density at radius 3 is 2.44 bits per heavy atom. The number of aryl methyl sites for hydroxylation is 1. The van der Waals surface area contributed by atoms with Crippen molar-refractivity contribution in [2.45, 2.75) is 45.6 Å². The third-order valence-electron chi connectivity index (χ3n) is 3.42. The Balaban J connectivity index is 1.60. The van der Waals surface area contributed by atoms with E-state index in [-0.39, 0.29) is 0 Å². The third-order valence-corrected chi connectivity index (χ3v) is 3.42. The van der Waals surface area contributed by atoms with Gasteiger partial charge in [0.15, 0.2) is 0 Å². The zero-order valence-electron chi connectivity index (χ0n) is 10.3. The van der Waals surface area contributed by atoms with Crippen LogP contribution >= 0.6 is 0 Å². The van der Waals surface area contributed by atoms with Crippen LogP contribution < -0.4 is 5.32 Å². The minimum Gasteiger partial charge on any atom is -0.313 e. The molecule has 1 saturated carbocycles. The maximum atomic E-state index is 3.52. The lowest BCUT2D eigenvalue weighted by atomic mass is 10.1. The first kappa shape index (κ1) is 11.7. The zero-order chi connectivity index (χ0) is 11.2. The predicted octanol–water partition coefficient (Wildman–Crippen LogP) is 3.53. The molecule has 0 saturated heterocycles. The lowest BCUT2D eigenvalue weighted by molar-refractivity contribution is 0.594. The number of hydrogen-bond donors (Lipinski definition) is 1. The highest BCUT2D eigenvalue weighted by atomic mass is 14.8. The molecule has 1 heteroatoms. The van der Waals surface area contributed by atoms with Crippen LogP contribution in [-0.4, -0.2) is 6.54 Å². The fraction of sp³-hybridized carbons (Fsp3) is 0.600. The van der Waals surface area contributed by atoms with E-state index in [1.54, 1.807) is 0 Å². The molecule has 1 aromatic carbocycles. The van der Waals surface area contributed by atoms with Gasteiger partial charge in [0.25, 0.3) is 0 Å². The Hall–Kier alpha value is -0.820. The summed E-state index contributed by atoms with van der Waals surface area (Å²) in [4.78, 5) is 0. The van der Waals surface area contributed by atoms with Gasteiger partial charge in [-0.05, 0) is 42.9 Å². The molecule has 1 aromatic rings. The first-order chi connectivity index (χ1) is 7.88. The smallest absolute Gasteiger partial charge is 0.0205 e. The van der Waals surface area contributed by atoms with Crippen LogP contribution in [0, 0.1) is 5.92 Å². The fourth-order valence-corrected chi connectivity index (χ4v) is 2.05. The van der Waals surface area contributed by atoms with Crippen LogP contribution in [0.25, 0.3) is 0 Å². The van der Waals surface area contributed by atoms with Crippen molar-refractivity contribution in [1.82, 2.24) is 5.32 Å². The summed E-state index contributed by atoms with van der Waals surface area (Å²) >= 11 is 0. The summed E-state index contributed by atoms with van der Waals surface area (Å²) in [5, 5.41) is 3.52. The van der Waals surface area contributed by atoms with Crippen molar-refractivity contribution in [2.75, 3.05) is 6.54 Å². The Kier molecular flexibility index (Phi) is 4.41. The molecule has 0 spiro atoms. The van der Waals surface area contributed by atoms with Gasteiger partial charge < -0.3 is 5.32 Å². The van der Waals surface area contributed by atoms with E-state index < -0.39 is 0 Å². The van der Waals surface area contributed by atoms with Crippen molar-refractivity contribution >= 4 is 0 Å². The standard InChI is InChI=1S/C15H23N/c1-2-13-5-9-15(10-6-13)12-16-11-3-4-14-7-8-14/h5-6,9-10,14,16H,2-4,7-8,11-12H2,1H3. The second kappa shape index (κ2) is 6.05. The van der Waals surface area contributed by atoms with Crippen LogP contribution in [0.2, 0.25) is 0 Å². The number of rotatable bonds is 7. The van der Waals surface area contributed by atoms with Gasteiger partial charge in [0, 0.05) is 6.54 Å².